The lowest BCUT2D eigenvalue weighted by molar-refractivity contribution is -0.139. The zero-order valence-corrected chi connectivity index (χ0v) is 26.3. The minimum atomic E-state index is -4.57. The lowest BCUT2D eigenvalue weighted by atomic mass is 9.70. The van der Waals surface area contributed by atoms with Crippen LogP contribution in [0.25, 0.3) is 0 Å². The van der Waals surface area contributed by atoms with Crippen LogP contribution in [0, 0.1) is 18.8 Å². The molecule has 2 fully saturated rings. The smallest absolute Gasteiger partial charge is 0.418 e. The third-order valence-corrected chi connectivity index (χ3v) is 9.64. The van der Waals surface area contributed by atoms with Gasteiger partial charge in [-0.2, -0.15) is 23.1 Å². The van der Waals surface area contributed by atoms with E-state index in [4.69, 9.17) is 20.4 Å². The number of nitrogens with two attached hydrogens (primary N) is 1. The van der Waals surface area contributed by atoms with Crippen molar-refractivity contribution in [3.8, 4) is 6.01 Å². The van der Waals surface area contributed by atoms with Crippen LogP contribution >= 0.6 is 0 Å². The number of ether oxygens (including phenoxy) is 1. The lowest BCUT2D eigenvalue weighted by Gasteiger charge is -2.43. The maximum Gasteiger partial charge on any atom is 0.418 e. The molecule has 0 aromatic carbocycles. The number of rotatable bonds is 7. The van der Waals surface area contributed by atoms with Gasteiger partial charge in [-0.05, 0) is 82.7 Å². The highest BCUT2D eigenvalue weighted by molar-refractivity contribution is 5.87. The van der Waals surface area contributed by atoms with Gasteiger partial charge in [0.05, 0.1) is 17.0 Å². The number of alkyl halides is 3. The van der Waals surface area contributed by atoms with Crippen molar-refractivity contribution in [3.63, 3.8) is 0 Å². The largest absolute Gasteiger partial charge is 0.462 e. The Labute approximate surface area is 257 Å². The van der Waals surface area contributed by atoms with Crippen molar-refractivity contribution < 1.29 is 22.7 Å². The van der Waals surface area contributed by atoms with Crippen molar-refractivity contribution >= 4 is 17.5 Å². The first-order valence-corrected chi connectivity index (χ1v) is 15.5. The first-order valence-electron chi connectivity index (χ1n) is 15.5. The Hall–Kier alpha value is -3.41. The number of fused-ring (bicyclic) bond motifs is 1. The highest BCUT2D eigenvalue weighted by Gasteiger charge is 2.44. The Morgan fingerprint density at radius 3 is 2.57 bits per heavy atom. The molecule has 9 nitrogen and oxygen atoms in total. The quantitative estimate of drug-likeness (QED) is 0.450. The van der Waals surface area contributed by atoms with Crippen LogP contribution in [-0.2, 0) is 23.8 Å². The predicted molar refractivity (Wildman–Crippen MR) is 164 cm³/mol. The Morgan fingerprint density at radius 2 is 1.95 bits per heavy atom. The van der Waals surface area contributed by atoms with E-state index >= 15 is 0 Å². The van der Waals surface area contributed by atoms with Crippen LogP contribution in [0.5, 0.6) is 6.01 Å². The molecule has 1 aliphatic carbocycles. The van der Waals surface area contributed by atoms with Gasteiger partial charge in [0, 0.05) is 43.2 Å². The number of likely N-dealkylation sites (tertiary alicyclic amines) is 1. The highest BCUT2D eigenvalue weighted by Crippen LogP contribution is 2.47. The summed E-state index contributed by atoms with van der Waals surface area (Å²) >= 11 is 0. The molecule has 2 N–H and O–H groups in total. The first-order chi connectivity index (χ1) is 20.8. The average molecular weight is 616 g/mol. The molecule has 0 saturated carbocycles. The average Bonchev–Trinajstić information content (AvgIpc) is 3.37. The molecule has 4 heterocycles. The molecule has 240 valence electrons. The summed E-state index contributed by atoms with van der Waals surface area (Å²) in [4.78, 5) is 32.7. The molecular weight excluding hydrogens is 571 g/mol. The number of nitrogen functional groups attached to an aromatic ring is 1. The van der Waals surface area contributed by atoms with Crippen LogP contribution in [0.15, 0.2) is 18.7 Å². The molecule has 1 amide bonds. The summed E-state index contributed by atoms with van der Waals surface area (Å²) in [5.41, 5.74) is 6.99. The molecule has 0 radical (unpaired) electrons. The van der Waals surface area contributed by atoms with Crippen LogP contribution in [0.1, 0.15) is 67.6 Å². The fourth-order valence-corrected chi connectivity index (χ4v) is 7.24. The third kappa shape index (κ3) is 6.36. The van der Waals surface area contributed by atoms with E-state index in [0.29, 0.717) is 38.4 Å². The standard InChI is InChI=1S/C32H44F3N7O2/c1-7-27(43)41-11-12-42(20(5)16-41)30-24-14-22(18(2)3)23(29-28(32(33,34)35)19(4)13-26(36)38-29)15-25(24)37-31(39-30)44-17-21-9-8-10-40(21)6/h7,13,18,20-23H,1,8-12,14-17H2,2-6H3,(H2,36,38)/t20-,21-,22?,23+/m0/s1. The van der Waals surface area contributed by atoms with E-state index in [1.807, 2.05) is 20.8 Å². The van der Waals surface area contributed by atoms with E-state index in [9.17, 15) is 18.0 Å². The van der Waals surface area contributed by atoms with E-state index < -0.39 is 17.7 Å². The van der Waals surface area contributed by atoms with Gasteiger partial charge in [-0.25, -0.2) is 4.98 Å². The minimum Gasteiger partial charge on any atom is -0.462 e. The van der Waals surface area contributed by atoms with E-state index in [1.165, 1.54) is 19.1 Å². The number of likely N-dealkylation sites (N-methyl/N-ethyl adjacent to an activating group) is 1. The van der Waals surface area contributed by atoms with E-state index in [-0.39, 0.29) is 59.3 Å². The maximum absolute atomic E-state index is 14.5. The fraction of sp³-hybridized carbons (Fsp3) is 0.625. The Bertz CT molecular complexity index is 1400. The second-order valence-corrected chi connectivity index (χ2v) is 12.9. The molecule has 2 saturated heterocycles. The predicted octanol–water partition coefficient (Wildman–Crippen LogP) is 4.63. The SMILES string of the molecule is C=CC(=O)N1CCN(c2nc(OC[C@@H]3CCCN3C)nc3c2CC(C(C)C)[C@H](c2nc(N)cc(C)c2C(F)(F)F)C3)[C@@H](C)C1. The number of piperazine rings is 1. The number of halogens is 3. The molecule has 44 heavy (non-hydrogen) atoms. The first kappa shape index (κ1) is 32.0. The number of amides is 1. The van der Waals surface area contributed by atoms with Crippen molar-refractivity contribution in [2.45, 2.75) is 77.6 Å². The number of aromatic nitrogens is 3. The van der Waals surface area contributed by atoms with Gasteiger partial charge < -0.3 is 25.2 Å². The fourth-order valence-electron chi connectivity index (χ4n) is 7.24. The summed E-state index contributed by atoms with van der Waals surface area (Å²) in [5.74, 6) is 0.0559. The Kier molecular flexibility index (Phi) is 9.11. The number of carbonyl (C=O) groups is 1. The zero-order chi connectivity index (χ0) is 31.9. The van der Waals surface area contributed by atoms with E-state index in [1.54, 1.807) is 4.90 Å². The normalized spacial score (nSPS) is 24.5. The topological polar surface area (TPSA) is 101 Å². The number of pyridine rings is 1. The summed E-state index contributed by atoms with van der Waals surface area (Å²) in [7, 11) is 2.07. The van der Waals surface area contributed by atoms with Crippen molar-refractivity contribution in [1.82, 2.24) is 24.8 Å². The molecular formula is C32H44F3N7O2. The Morgan fingerprint density at radius 1 is 1.20 bits per heavy atom. The highest BCUT2D eigenvalue weighted by atomic mass is 19.4. The maximum atomic E-state index is 14.5. The van der Waals surface area contributed by atoms with Crippen LogP contribution in [0.4, 0.5) is 24.8 Å². The number of nitrogens with zero attached hydrogens (tertiary/aromatic N) is 6. The van der Waals surface area contributed by atoms with Crippen LogP contribution in [0.2, 0.25) is 0 Å². The molecule has 0 bridgehead atoms. The summed E-state index contributed by atoms with van der Waals surface area (Å²) < 4.78 is 49.6. The van der Waals surface area contributed by atoms with Crippen LogP contribution < -0.4 is 15.4 Å². The van der Waals surface area contributed by atoms with Gasteiger partial charge >= 0.3 is 12.2 Å². The molecule has 12 heteroatoms. The third-order valence-electron chi connectivity index (χ3n) is 9.64. The molecule has 1 unspecified atom stereocenters. The van der Waals surface area contributed by atoms with Gasteiger partial charge in [0.2, 0.25) is 5.91 Å². The number of hydrogen-bond donors (Lipinski definition) is 1. The molecule has 4 atom stereocenters. The summed E-state index contributed by atoms with van der Waals surface area (Å²) in [5, 5.41) is 0. The second kappa shape index (κ2) is 12.5. The van der Waals surface area contributed by atoms with Crippen molar-refractivity contribution in [3.05, 3.63) is 46.8 Å². The molecule has 2 aromatic rings. The van der Waals surface area contributed by atoms with Crippen molar-refractivity contribution in [2.75, 3.05) is 50.5 Å². The molecule has 0 spiro atoms. The van der Waals surface area contributed by atoms with Gasteiger partial charge in [0.25, 0.3) is 0 Å². The van der Waals surface area contributed by atoms with Gasteiger partial charge in [-0.15, -0.1) is 0 Å². The lowest BCUT2D eigenvalue weighted by Crippen LogP contribution is -2.54. The van der Waals surface area contributed by atoms with Crippen LogP contribution in [0.3, 0.4) is 0 Å². The molecule has 3 aliphatic rings. The number of anilines is 2. The summed E-state index contributed by atoms with van der Waals surface area (Å²) in [6, 6.07) is 1.71. The van der Waals surface area contributed by atoms with Gasteiger partial charge in [-0.3, -0.25) is 4.79 Å². The van der Waals surface area contributed by atoms with E-state index in [2.05, 4.69) is 28.4 Å². The molecule has 2 aromatic heterocycles. The number of aryl methyl sites for hydroxylation is 1. The van der Waals surface area contributed by atoms with Gasteiger partial charge in [-0.1, -0.05) is 20.4 Å². The number of carbonyl (C=O) groups excluding carboxylic acids is 1. The van der Waals surface area contributed by atoms with E-state index in [0.717, 1.165) is 30.8 Å². The van der Waals surface area contributed by atoms with Gasteiger partial charge in [0.15, 0.2) is 0 Å². The van der Waals surface area contributed by atoms with Crippen molar-refractivity contribution in [1.29, 1.82) is 0 Å². The minimum absolute atomic E-state index is 0.0144. The molecule has 5 rings (SSSR count). The summed E-state index contributed by atoms with van der Waals surface area (Å²) in [6.07, 6.45) is -0.380. The monoisotopic (exact) mass is 615 g/mol. The molecule has 2 aliphatic heterocycles. The Balaban J connectivity index is 1.58. The zero-order valence-electron chi connectivity index (χ0n) is 26.3. The second-order valence-electron chi connectivity index (χ2n) is 12.9. The van der Waals surface area contributed by atoms with Gasteiger partial charge in [0.1, 0.15) is 18.2 Å². The number of hydrogen-bond acceptors (Lipinski definition) is 8. The van der Waals surface area contributed by atoms with Crippen LogP contribution in [-0.4, -0.2) is 82.6 Å². The van der Waals surface area contributed by atoms with Crippen molar-refractivity contribution in [2.24, 2.45) is 11.8 Å². The summed E-state index contributed by atoms with van der Waals surface area (Å²) in [6.45, 7) is 14.2.